The molecule has 1 aliphatic rings. The summed E-state index contributed by atoms with van der Waals surface area (Å²) < 4.78 is 1.72. The monoisotopic (exact) mass is 368 g/mol. The van der Waals surface area contributed by atoms with E-state index in [1.807, 2.05) is 36.1 Å². The van der Waals surface area contributed by atoms with Crippen LogP contribution in [0.25, 0.3) is 5.69 Å². The molecule has 2 aromatic rings. The van der Waals surface area contributed by atoms with Crippen molar-refractivity contribution in [2.24, 2.45) is 11.1 Å². The minimum Gasteiger partial charge on any atom is -0.338 e. The smallest absolute Gasteiger partial charge is 0.257 e. The fraction of sp³-hybridized carbons (Fsp3) is 0.412. The summed E-state index contributed by atoms with van der Waals surface area (Å²) in [6, 6.07) is 7.47. The molecule has 3 rings (SSSR count). The standard InChI is InChI=1S/C17H21ClN4O.ClH/c1-12-13(16(23)21-8-7-17(2,10-19)11-21)9-20-22(12)15-6-4-3-5-14(15)18;/h3-6,9H,7-8,10-11,19H2,1-2H3;1H. The van der Waals surface area contributed by atoms with E-state index in [0.29, 0.717) is 23.7 Å². The highest BCUT2D eigenvalue weighted by Gasteiger charge is 2.36. The Morgan fingerprint density at radius 3 is 2.75 bits per heavy atom. The average molecular weight is 369 g/mol. The van der Waals surface area contributed by atoms with Gasteiger partial charge in [0, 0.05) is 13.1 Å². The van der Waals surface area contributed by atoms with Gasteiger partial charge >= 0.3 is 0 Å². The first kappa shape index (κ1) is 18.8. The molecule has 1 aromatic heterocycles. The van der Waals surface area contributed by atoms with Crippen molar-refractivity contribution in [2.75, 3.05) is 19.6 Å². The molecule has 0 aliphatic carbocycles. The van der Waals surface area contributed by atoms with E-state index in [0.717, 1.165) is 24.3 Å². The Kier molecular flexibility index (Phi) is 5.58. The Morgan fingerprint density at radius 1 is 1.42 bits per heavy atom. The number of benzene rings is 1. The Morgan fingerprint density at radius 2 is 2.12 bits per heavy atom. The van der Waals surface area contributed by atoms with Crippen molar-refractivity contribution < 1.29 is 4.79 Å². The molecule has 1 amide bonds. The van der Waals surface area contributed by atoms with Crippen molar-refractivity contribution in [1.82, 2.24) is 14.7 Å². The highest BCUT2D eigenvalue weighted by atomic mass is 35.5. The minimum absolute atomic E-state index is 0. The number of hydrogen-bond donors (Lipinski definition) is 1. The Bertz CT molecular complexity index is 746. The molecule has 1 aromatic carbocycles. The number of hydrogen-bond acceptors (Lipinski definition) is 3. The summed E-state index contributed by atoms with van der Waals surface area (Å²) in [7, 11) is 0. The zero-order valence-electron chi connectivity index (χ0n) is 13.8. The van der Waals surface area contributed by atoms with Crippen LogP contribution >= 0.6 is 24.0 Å². The molecular formula is C17H22Cl2N4O. The number of amides is 1. The Hall–Kier alpha value is -1.56. The highest BCUT2D eigenvalue weighted by molar-refractivity contribution is 6.32. The summed E-state index contributed by atoms with van der Waals surface area (Å²) in [6.45, 7) is 6.04. The third kappa shape index (κ3) is 3.29. The number of aromatic nitrogens is 2. The second-order valence-electron chi connectivity index (χ2n) is 6.50. The summed E-state index contributed by atoms with van der Waals surface area (Å²) in [5, 5.41) is 4.96. The molecule has 1 aliphatic heterocycles. The topological polar surface area (TPSA) is 64.2 Å². The maximum Gasteiger partial charge on any atom is 0.257 e. The van der Waals surface area contributed by atoms with Crippen LogP contribution in [0.5, 0.6) is 0 Å². The van der Waals surface area contributed by atoms with Gasteiger partial charge in [0.1, 0.15) is 0 Å². The molecule has 0 bridgehead atoms. The van der Waals surface area contributed by atoms with Crippen LogP contribution in [0.1, 0.15) is 29.4 Å². The molecular weight excluding hydrogens is 347 g/mol. The molecule has 7 heteroatoms. The van der Waals surface area contributed by atoms with Crippen LogP contribution in [-0.2, 0) is 0 Å². The van der Waals surface area contributed by atoms with Gasteiger partial charge in [-0.2, -0.15) is 5.10 Å². The molecule has 1 unspecified atom stereocenters. The van der Waals surface area contributed by atoms with Crippen LogP contribution in [0, 0.1) is 12.3 Å². The van der Waals surface area contributed by atoms with Crippen LogP contribution < -0.4 is 5.73 Å². The molecule has 0 spiro atoms. The van der Waals surface area contributed by atoms with Crippen molar-refractivity contribution >= 4 is 29.9 Å². The molecule has 2 N–H and O–H groups in total. The Balaban J connectivity index is 0.00000208. The first-order valence-corrected chi connectivity index (χ1v) is 8.12. The van der Waals surface area contributed by atoms with Crippen LogP contribution in [-0.4, -0.2) is 40.2 Å². The van der Waals surface area contributed by atoms with E-state index in [-0.39, 0.29) is 23.7 Å². The largest absolute Gasteiger partial charge is 0.338 e. The van der Waals surface area contributed by atoms with Gasteiger partial charge in [0.15, 0.2) is 0 Å². The number of carbonyl (C=O) groups is 1. The van der Waals surface area contributed by atoms with Crippen molar-refractivity contribution in [3.8, 4) is 5.69 Å². The molecule has 1 atom stereocenters. The lowest BCUT2D eigenvalue weighted by Gasteiger charge is -2.22. The van der Waals surface area contributed by atoms with E-state index in [9.17, 15) is 4.79 Å². The summed E-state index contributed by atoms with van der Waals surface area (Å²) >= 11 is 6.23. The van der Waals surface area contributed by atoms with E-state index in [2.05, 4.69) is 12.0 Å². The fourth-order valence-corrected chi connectivity index (χ4v) is 3.24. The lowest BCUT2D eigenvalue weighted by molar-refractivity contribution is 0.0776. The van der Waals surface area contributed by atoms with Gasteiger partial charge < -0.3 is 10.6 Å². The highest BCUT2D eigenvalue weighted by Crippen LogP contribution is 2.30. The van der Waals surface area contributed by atoms with Gasteiger partial charge in [-0.05, 0) is 37.4 Å². The average Bonchev–Trinajstić information content (AvgIpc) is 3.12. The summed E-state index contributed by atoms with van der Waals surface area (Å²) in [5.41, 5.74) is 8.03. The number of likely N-dealkylation sites (tertiary alicyclic amines) is 1. The molecule has 130 valence electrons. The van der Waals surface area contributed by atoms with Crippen molar-refractivity contribution in [2.45, 2.75) is 20.3 Å². The lowest BCUT2D eigenvalue weighted by atomic mass is 9.90. The molecule has 0 radical (unpaired) electrons. The normalized spacial score (nSPS) is 20.1. The summed E-state index contributed by atoms with van der Waals surface area (Å²) in [6.07, 6.45) is 2.56. The van der Waals surface area contributed by atoms with Gasteiger partial charge in [-0.1, -0.05) is 30.7 Å². The van der Waals surface area contributed by atoms with Crippen LogP contribution in [0.3, 0.4) is 0 Å². The van der Waals surface area contributed by atoms with E-state index in [1.54, 1.807) is 10.9 Å². The first-order valence-electron chi connectivity index (χ1n) is 7.74. The van der Waals surface area contributed by atoms with E-state index in [1.165, 1.54) is 0 Å². The first-order chi connectivity index (χ1) is 10.9. The number of halogens is 2. The second-order valence-corrected chi connectivity index (χ2v) is 6.91. The molecule has 5 nitrogen and oxygen atoms in total. The van der Waals surface area contributed by atoms with Gasteiger partial charge in [-0.15, -0.1) is 12.4 Å². The van der Waals surface area contributed by atoms with Crippen LogP contribution in [0.2, 0.25) is 5.02 Å². The number of rotatable bonds is 3. The van der Waals surface area contributed by atoms with Crippen molar-refractivity contribution in [3.63, 3.8) is 0 Å². The third-order valence-corrected chi connectivity index (χ3v) is 4.98. The number of para-hydroxylation sites is 1. The third-order valence-electron chi connectivity index (χ3n) is 4.66. The summed E-state index contributed by atoms with van der Waals surface area (Å²) in [5.74, 6) is 0.0120. The Labute approximate surface area is 153 Å². The lowest BCUT2D eigenvalue weighted by Crippen LogP contribution is -2.34. The van der Waals surface area contributed by atoms with Gasteiger partial charge in [-0.3, -0.25) is 4.79 Å². The van der Waals surface area contributed by atoms with E-state index in [4.69, 9.17) is 17.3 Å². The molecule has 1 saturated heterocycles. The number of nitrogens with zero attached hydrogens (tertiary/aromatic N) is 3. The van der Waals surface area contributed by atoms with Crippen LogP contribution in [0.4, 0.5) is 0 Å². The number of carbonyl (C=O) groups excluding carboxylic acids is 1. The molecule has 0 saturated carbocycles. The van der Waals surface area contributed by atoms with Gasteiger partial charge in [-0.25, -0.2) is 4.68 Å². The zero-order valence-corrected chi connectivity index (χ0v) is 15.4. The van der Waals surface area contributed by atoms with Crippen molar-refractivity contribution in [3.05, 3.63) is 46.7 Å². The summed E-state index contributed by atoms with van der Waals surface area (Å²) in [4.78, 5) is 14.7. The predicted octanol–water partition coefficient (Wildman–Crippen LogP) is 3.07. The number of nitrogens with two attached hydrogens (primary N) is 1. The maximum atomic E-state index is 12.8. The quantitative estimate of drug-likeness (QED) is 0.905. The van der Waals surface area contributed by atoms with Gasteiger partial charge in [0.05, 0.1) is 28.2 Å². The SMILES string of the molecule is Cc1c(C(=O)N2CCC(C)(CN)C2)cnn1-c1ccccc1Cl.Cl. The van der Waals surface area contributed by atoms with Crippen molar-refractivity contribution in [1.29, 1.82) is 0 Å². The zero-order chi connectivity index (χ0) is 16.6. The van der Waals surface area contributed by atoms with Crippen LogP contribution in [0.15, 0.2) is 30.5 Å². The molecule has 2 heterocycles. The second kappa shape index (κ2) is 7.13. The molecule has 1 fully saturated rings. The van der Waals surface area contributed by atoms with E-state index >= 15 is 0 Å². The minimum atomic E-state index is 0. The van der Waals surface area contributed by atoms with E-state index < -0.39 is 0 Å². The maximum absolute atomic E-state index is 12.8. The van der Waals surface area contributed by atoms with Gasteiger partial charge in [0.2, 0.25) is 0 Å². The fourth-order valence-electron chi connectivity index (χ4n) is 3.02. The predicted molar refractivity (Wildman–Crippen MR) is 98.2 cm³/mol. The molecule has 24 heavy (non-hydrogen) atoms. The van der Waals surface area contributed by atoms with Gasteiger partial charge in [0.25, 0.3) is 5.91 Å².